The van der Waals surface area contributed by atoms with Crippen LogP contribution in [0.15, 0.2) is 24.3 Å². The molecule has 1 amide bonds. The Morgan fingerprint density at radius 2 is 1.80 bits per heavy atom. The van der Waals surface area contributed by atoms with Gasteiger partial charge in [0.25, 0.3) is 0 Å². The van der Waals surface area contributed by atoms with Crippen molar-refractivity contribution < 1.29 is 14.3 Å². The normalized spacial score (nSPS) is 26.7. The lowest BCUT2D eigenvalue weighted by Crippen LogP contribution is -2.58. The Hall–Kier alpha value is -1.88. The van der Waals surface area contributed by atoms with Crippen LogP contribution in [0.3, 0.4) is 0 Å². The number of amides is 1. The summed E-state index contributed by atoms with van der Waals surface area (Å²) in [4.78, 5) is 29.9. The summed E-state index contributed by atoms with van der Waals surface area (Å²) in [6, 6.07) is 8.97. The Morgan fingerprint density at radius 1 is 1.13 bits per heavy atom. The Bertz CT molecular complexity index is 774. The van der Waals surface area contributed by atoms with E-state index in [2.05, 4.69) is 30.9 Å². The van der Waals surface area contributed by atoms with Crippen LogP contribution in [0.2, 0.25) is 0 Å². The number of fused-ring (bicyclic) bond motifs is 2. The fraction of sp³-hybridized carbons (Fsp3) is 0.680. The van der Waals surface area contributed by atoms with Crippen LogP contribution in [0.4, 0.5) is 0 Å². The van der Waals surface area contributed by atoms with Crippen molar-refractivity contribution in [3.05, 3.63) is 35.4 Å². The lowest BCUT2D eigenvalue weighted by Gasteiger charge is -2.49. The second-order valence-electron chi connectivity index (χ2n) is 9.83. The predicted molar refractivity (Wildman–Crippen MR) is 117 cm³/mol. The van der Waals surface area contributed by atoms with Crippen molar-refractivity contribution in [3.8, 4) is 0 Å². The van der Waals surface area contributed by atoms with Gasteiger partial charge in [0.05, 0.1) is 12.5 Å². The molecule has 0 N–H and O–H groups in total. The molecule has 5 nitrogen and oxygen atoms in total. The molecule has 0 unspecified atom stereocenters. The smallest absolute Gasteiger partial charge is 0.325 e. The van der Waals surface area contributed by atoms with Crippen LogP contribution in [-0.2, 0) is 26.3 Å². The second-order valence-corrected chi connectivity index (χ2v) is 9.83. The van der Waals surface area contributed by atoms with E-state index in [4.69, 9.17) is 4.74 Å². The number of piperidine rings is 1. The van der Waals surface area contributed by atoms with E-state index in [-0.39, 0.29) is 18.4 Å². The monoisotopic (exact) mass is 412 g/mol. The maximum atomic E-state index is 13.6. The number of hydrogen-bond acceptors (Lipinski definition) is 4. The number of nitrogens with zero attached hydrogens (tertiary/aromatic N) is 2. The maximum Gasteiger partial charge on any atom is 0.325 e. The van der Waals surface area contributed by atoms with E-state index in [0.29, 0.717) is 12.6 Å². The minimum Gasteiger partial charge on any atom is -0.468 e. The highest BCUT2D eigenvalue weighted by atomic mass is 16.5. The highest BCUT2D eigenvalue weighted by molar-refractivity contribution is 5.92. The van der Waals surface area contributed by atoms with Crippen LogP contribution in [0, 0.1) is 11.8 Å². The molecule has 2 fully saturated rings. The van der Waals surface area contributed by atoms with Gasteiger partial charge in [0.2, 0.25) is 5.91 Å². The predicted octanol–water partition coefficient (Wildman–Crippen LogP) is 3.75. The van der Waals surface area contributed by atoms with Gasteiger partial charge in [-0.2, -0.15) is 0 Å². The molecule has 0 aromatic heterocycles. The van der Waals surface area contributed by atoms with Gasteiger partial charge < -0.3 is 14.5 Å². The fourth-order valence-corrected chi connectivity index (χ4v) is 6.06. The molecule has 3 aliphatic rings. The second kappa shape index (κ2) is 8.70. The number of carbonyl (C=O) groups is 2. The third-order valence-electron chi connectivity index (χ3n) is 7.99. The summed E-state index contributed by atoms with van der Waals surface area (Å²) in [5.74, 6) is 1.41. The molecule has 1 saturated carbocycles. The first kappa shape index (κ1) is 21.4. The topological polar surface area (TPSA) is 49.9 Å². The molecule has 4 rings (SSSR count). The Morgan fingerprint density at radius 3 is 2.43 bits per heavy atom. The molecular formula is C25H36N2O3. The molecule has 1 aromatic rings. The van der Waals surface area contributed by atoms with E-state index in [0.717, 1.165) is 37.8 Å². The molecule has 0 radical (unpaired) electrons. The average molecular weight is 413 g/mol. The van der Waals surface area contributed by atoms with Gasteiger partial charge in [0.15, 0.2) is 0 Å². The number of rotatable bonds is 4. The van der Waals surface area contributed by atoms with E-state index in [1.165, 1.54) is 43.9 Å². The molecule has 30 heavy (non-hydrogen) atoms. The van der Waals surface area contributed by atoms with Crippen molar-refractivity contribution >= 4 is 11.9 Å². The Kier molecular flexibility index (Phi) is 6.19. The first-order chi connectivity index (χ1) is 14.4. The molecule has 0 atom stereocenters. The van der Waals surface area contributed by atoms with Crippen molar-refractivity contribution in [1.82, 2.24) is 9.80 Å². The molecule has 1 spiro atoms. The number of ether oxygens (including phenoxy) is 1. The van der Waals surface area contributed by atoms with Gasteiger partial charge >= 0.3 is 5.97 Å². The fourth-order valence-electron chi connectivity index (χ4n) is 6.06. The van der Waals surface area contributed by atoms with Crippen molar-refractivity contribution in [2.24, 2.45) is 11.8 Å². The SMILES string of the molecule is COC(=O)CN1Cc2ccccc2C2(CCN(C3CCC(C(C)C)CC3)CC2)C1=O. The van der Waals surface area contributed by atoms with Crippen molar-refractivity contribution in [2.75, 3.05) is 26.7 Å². The summed E-state index contributed by atoms with van der Waals surface area (Å²) < 4.78 is 4.85. The summed E-state index contributed by atoms with van der Waals surface area (Å²) in [6.07, 6.45) is 6.91. The summed E-state index contributed by atoms with van der Waals surface area (Å²) in [6.45, 7) is 7.15. The minimum atomic E-state index is -0.492. The zero-order valence-corrected chi connectivity index (χ0v) is 18.7. The van der Waals surface area contributed by atoms with Gasteiger partial charge in [0, 0.05) is 12.6 Å². The molecular weight excluding hydrogens is 376 g/mol. The Balaban J connectivity index is 1.50. The maximum absolute atomic E-state index is 13.6. The molecule has 0 bridgehead atoms. The molecule has 1 aliphatic carbocycles. The van der Waals surface area contributed by atoms with Gasteiger partial charge in [-0.15, -0.1) is 0 Å². The zero-order valence-electron chi connectivity index (χ0n) is 18.7. The summed E-state index contributed by atoms with van der Waals surface area (Å²) in [7, 11) is 1.38. The quantitative estimate of drug-likeness (QED) is 0.707. The number of carbonyl (C=O) groups excluding carboxylic acids is 2. The van der Waals surface area contributed by atoms with Crippen molar-refractivity contribution in [1.29, 1.82) is 0 Å². The molecule has 2 heterocycles. The van der Waals surface area contributed by atoms with Crippen LogP contribution in [-0.4, -0.2) is 54.5 Å². The summed E-state index contributed by atoms with van der Waals surface area (Å²) >= 11 is 0. The number of esters is 1. The standard InChI is InChI=1S/C25H36N2O3/c1-18(2)19-8-10-21(11-9-19)26-14-12-25(13-15-26)22-7-5-4-6-20(22)16-27(24(25)29)17-23(28)30-3/h4-7,18-19,21H,8-17H2,1-3H3. The van der Waals surface area contributed by atoms with Gasteiger partial charge in [-0.1, -0.05) is 38.1 Å². The first-order valence-electron chi connectivity index (χ1n) is 11.6. The van der Waals surface area contributed by atoms with Gasteiger partial charge in [-0.05, 0) is 74.6 Å². The number of methoxy groups -OCH3 is 1. The van der Waals surface area contributed by atoms with E-state index in [1.807, 2.05) is 12.1 Å². The molecule has 2 aliphatic heterocycles. The number of likely N-dealkylation sites (tertiary alicyclic amines) is 1. The molecule has 1 aromatic carbocycles. The van der Waals surface area contributed by atoms with Gasteiger partial charge in [-0.25, -0.2) is 0 Å². The molecule has 164 valence electrons. The van der Waals surface area contributed by atoms with Crippen LogP contribution < -0.4 is 0 Å². The third-order valence-corrected chi connectivity index (χ3v) is 7.99. The van der Waals surface area contributed by atoms with Crippen LogP contribution in [0.1, 0.15) is 63.5 Å². The van der Waals surface area contributed by atoms with Crippen LogP contribution >= 0.6 is 0 Å². The zero-order chi connectivity index (χ0) is 21.3. The van der Waals surface area contributed by atoms with Crippen LogP contribution in [0.5, 0.6) is 0 Å². The Labute approximate surface area is 180 Å². The highest BCUT2D eigenvalue weighted by Crippen LogP contribution is 2.44. The third kappa shape index (κ3) is 3.89. The highest BCUT2D eigenvalue weighted by Gasteiger charge is 2.49. The number of hydrogen-bond donors (Lipinski definition) is 0. The lowest BCUT2D eigenvalue weighted by atomic mass is 9.67. The summed E-state index contributed by atoms with van der Waals surface area (Å²) in [5, 5.41) is 0. The average Bonchev–Trinajstić information content (AvgIpc) is 2.78. The van der Waals surface area contributed by atoms with E-state index >= 15 is 0 Å². The molecule has 5 heteroatoms. The van der Waals surface area contributed by atoms with Crippen molar-refractivity contribution in [2.45, 2.75) is 70.4 Å². The lowest BCUT2D eigenvalue weighted by molar-refractivity contribution is -0.152. The number of benzene rings is 1. The van der Waals surface area contributed by atoms with E-state index in [1.54, 1.807) is 4.90 Å². The van der Waals surface area contributed by atoms with Gasteiger partial charge in [-0.3, -0.25) is 9.59 Å². The minimum absolute atomic E-state index is 0.0361. The van der Waals surface area contributed by atoms with E-state index in [9.17, 15) is 9.59 Å². The van der Waals surface area contributed by atoms with E-state index < -0.39 is 5.41 Å². The largest absolute Gasteiger partial charge is 0.468 e. The first-order valence-corrected chi connectivity index (χ1v) is 11.6. The van der Waals surface area contributed by atoms with Crippen molar-refractivity contribution in [3.63, 3.8) is 0 Å². The van der Waals surface area contributed by atoms with Gasteiger partial charge in [0.1, 0.15) is 6.54 Å². The summed E-state index contributed by atoms with van der Waals surface area (Å²) in [5.41, 5.74) is 1.86. The molecule has 1 saturated heterocycles. The van der Waals surface area contributed by atoms with Crippen LogP contribution in [0.25, 0.3) is 0 Å².